The lowest BCUT2D eigenvalue weighted by Gasteiger charge is -2.20. The van der Waals surface area contributed by atoms with Gasteiger partial charge in [0.25, 0.3) is 0 Å². The molecule has 0 aliphatic carbocycles. The molecule has 1 heterocycles. The molecule has 0 bridgehead atoms. The number of urea groups is 1. The molecule has 0 radical (unpaired) electrons. The van der Waals surface area contributed by atoms with Crippen LogP contribution in [-0.2, 0) is 11.3 Å². The number of rotatable bonds is 4. The van der Waals surface area contributed by atoms with Gasteiger partial charge in [0.1, 0.15) is 5.82 Å². The molecular formula is C14H19FN2O2. The normalized spacial score (nSPS) is 20.0. The second kappa shape index (κ2) is 6.52. The Bertz CT molecular complexity index is 416. The van der Waals surface area contributed by atoms with Crippen LogP contribution in [0.1, 0.15) is 25.3 Å². The van der Waals surface area contributed by atoms with E-state index in [4.69, 9.17) is 4.74 Å². The van der Waals surface area contributed by atoms with Gasteiger partial charge in [-0.15, -0.1) is 0 Å². The van der Waals surface area contributed by atoms with Crippen molar-refractivity contribution in [3.05, 3.63) is 35.6 Å². The van der Waals surface area contributed by atoms with Gasteiger partial charge in [0.05, 0.1) is 12.1 Å². The first-order valence-electron chi connectivity index (χ1n) is 6.55. The van der Waals surface area contributed by atoms with Gasteiger partial charge in [-0.3, -0.25) is 0 Å². The van der Waals surface area contributed by atoms with Crippen molar-refractivity contribution in [3.63, 3.8) is 0 Å². The second-order valence-electron chi connectivity index (χ2n) is 4.79. The molecule has 0 spiro atoms. The molecule has 1 aromatic carbocycles. The largest absolute Gasteiger partial charge is 0.376 e. The molecule has 0 aromatic heterocycles. The lowest BCUT2D eigenvalue weighted by Crippen LogP contribution is -2.45. The van der Waals surface area contributed by atoms with Crippen LogP contribution >= 0.6 is 0 Å². The summed E-state index contributed by atoms with van der Waals surface area (Å²) in [6.07, 6.45) is 2.14. The zero-order valence-corrected chi connectivity index (χ0v) is 11.0. The lowest BCUT2D eigenvalue weighted by atomic mass is 10.1. The number of hydrogen-bond acceptors (Lipinski definition) is 2. The van der Waals surface area contributed by atoms with E-state index in [2.05, 4.69) is 10.6 Å². The van der Waals surface area contributed by atoms with E-state index in [9.17, 15) is 9.18 Å². The van der Waals surface area contributed by atoms with E-state index >= 15 is 0 Å². The van der Waals surface area contributed by atoms with Crippen molar-refractivity contribution in [1.82, 2.24) is 10.6 Å². The summed E-state index contributed by atoms with van der Waals surface area (Å²) < 4.78 is 18.2. The van der Waals surface area contributed by atoms with Crippen LogP contribution in [0.2, 0.25) is 0 Å². The van der Waals surface area contributed by atoms with Gasteiger partial charge in [0, 0.05) is 13.2 Å². The maximum atomic E-state index is 12.7. The van der Waals surface area contributed by atoms with Crippen LogP contribution in [0.15, 0.2) is 24.3 Å². The quantitative estimate of drug-likeness (QED) is 0.877. The Morgan fingerprint density at radius 3 is 2.84 bits per heavy atom. The molecule has 5 heteroatoms. The average Bonchev–Trinajstić information content (AvgIpc) is 2.92. The van der Waals surface area contributed by atoms with E-state index in [1.165, 1.54) is 12.1 Å². The Hall–Kier alpha value is -1.62. The maximum Gasteiger partial charge on any atom is 0.315 e. The zero-order valence-electron chi connectivity index (χ0n) is 11.0. The summed E-state index contributed by atoms with van der Waals surface area (Å²) in [7, 11) is 0. The second-order valence-corrected chi connectivity index (χ2v) is 4.79. The number of ether oxygens (including phenoxy) is 1. The highest BCUT2D eigenvalue weighted by Crippen LogP contribution is 2.15. The monoisotopic (exact) mass is 266 g/mol. The number of hydrogen-bond donors (Lipinski definition) is 2. The minimum Gasteiger partial charge on any atom is -0.376 e. The smallest absolute Gasteiger partial charge is 0.315 e. The van der Waals surface area contributed by atoms with Crippen molar-refractivity contribution in [3.8, 4) is 0 Å². The van der Waals surface area contributed by atoms with Crippen molar-refractivity contribution in [2.45, 2.75) is 38.5 Å². The fraction of sp³-hybridized carbons (Fsp3) is 0.500. The molecule has 4 nitrogen and oxygen atoms in total. The SMILES string of the molecule is C[C@H](NC(=O)NCc1ccc(F)cc1)[C@H]1CCCO1. The van der Waals surface area contributed by atoms with Crippen LogP contribution in [0.3, 0.4) is 0 Å². The van der Waals surface area contributed by atoms with Crippen LogP contribution in [0, 0.1) is 5.82 Å². The maximum absolute atomic E-state index is 12.7. The summed E-state index contributed by atoms with van der Waals surface area (Å²) >= 11 is 0. The molecular weight excluding hydrogens is 247 g/mol. The van der Waals surface area contributed by atoms with Crippen LogP contribution in [0.5, 0.6) is 0 Å². The van der Waals surface area contributed by atoms with Gasteiger partial charge in [-0.25, -0.2) is 9.18 Å². The highest BCUT2D eigenvalue weighted by atomic mass is 19.1. The topological polar surface area (TPSA) is 50.4 Å². The summed E-state index contributed by atoms with van der Waals surface area (Å²) in [5.74, 6) is -0.278. The number of benzene rings is 1. The summed E-state index contributed by atoms with van der Waals surface area (Å²) in [4.78, 5) is 11.7. The van der Waals surface area contributed by atoms with E-state index < -0.39 is 0 Å². The Morgan fingerprint density at radius 1 is 1.47 bits per heavy atom. The molecule has 1 aliphatic heterocycles. The number of nitrogens with one attached hydrogen (secondary N) is 2. The van der Waals surface area contributed by atoms with Gasteiger partial charge >= 0.3 is 6.03 Å². The van der Waals surface area contributed by atoms with Crippen LogP contribution < -0.4 is 10.6 Å². The van der Waals surface area contributed by atoms with Gasteiger partial charge in [-0.05, 0) is 37.5 Å². The Kier molecular flexibility index (Phi) is 4.74. The van der Waals surface area contributed by atoms with E-state index in [1.807, 2.05) is 6.92 Å². The van der Waals surface area contributed by atoms with E-state index in [1.54, 1.807) is 12.1 Å². The average molecular weight is 266 g/mol. The van der Waals surface area contributed by atoms with Crippen molar-refractivity contribution in [2.24, 2.45) is 0 Å². The molecule has 2 amide bonds. The van der Waals surface area contributed by atoms with Gasteiger partial charge in [-0.2, -0.15) is 0 Å². The fourth-order valence-electron chi connectivity index (χ4n) is 2.13. The number of carbonyl (C=O) groups excluding carboxylic acids is 1. The molecule has 2 atom stereocenters. The first-order valence-corrected chi connectivity index (χ1v) is 6.55. The summed E-state index contributed by atoms with van der Waals surface area (Å²) in [5, 5.41) is 5.60. The predicted molar refractivity (Wildman–Crippen MR) is 70.2 cm³/mol. The Labute approximate surface area is 112 Å². The van der Waals surface area contributed by atoms with Gasteiger partial charge in [-0.1, -0.05) is 12.1 Å². The Balaban J connectivity index is 1.73. The third kappa shape index (κ3) is 4.21. The van der Waals surface area contributed by atoms with Crippen LogP contribution in [0.4, 0.5) is 9.18 Å². The molecule has 2 N–H and O–H groups in total. The predicted octanol–water partition coefficient (Wildman–Crippen LogP) is 2.19. The van der Waals surface area contributed by atoms with Gasteiger partial charge in [0.15, 0.2) is 0 Å². The van der Waals surface area contributed by atoms with E-state index in [-0.39, 0.29) is 24.0 Å². The van der Waals surface area contributed by atoms with E-state index in [0.29, 0.717) is 6.54 Å². The Morgan fingerprint density at radius 2 is 2.21 bits per heavy atom. The first-order chi connectivity index (χ1) is 9.15. The fourth-order valence-corrected chi connectivity index (χ4v) is 2.13. The standard InChI is InChI=1S/C14H19FN2O2/c1-10(13-3-2-8-19-13)17-14(18)16-9-11-4-6-12(15)7-5-11/h4-7,10,13H,2-3,8-9H2,1H3,(H2,16,17,18)/t10-,13+/m0/s1. The van der Waals surface area contributed by atoms with Crippen molar-refractivity contribution in [2.75, 3.05) is 6.61 Å². The summed E-state index contributed by atoms with van der Waals surface area (Å²) in [6, 6.07) is 5.83. The third-order valence-electron chi connectivity index (χ3n) is 3.25. The molecule has 1 saturated heterocycles. The summed E-state index contributed by atoms with van der Waals surface area (Å²) in [6.45, 7) is 3.09. The van der Waals surface area contributed by atoms with Crippen LogP contribution in [-0.4, -0.2) is 24.8 Å². The molecule has 104 valence electrons. The number of amides is 2. The first kappa shape index (κ1) is 13.8. The molecule has 2 rings (SSSR count). The molecule has 0 unspecified atom stereocenters. The summed E-state index contributed by atoms with van der Waals surface area (Å²) in [5.41, 5.74) is 0.862. The third-order valence-corrected chi connectivity index (χ3v) is 3.25. The molecule has 1 aromatic rings. The molecule has 1 aliphatic rings. The highest BCUT2D eigenvalue weighted by Gasteiger charge is 2.23. The zero-order chi connectivity index (χ0) is 13.7. The minimum atomic E-state index is -0.278. The van der Waals surface area contributed by atoms with E-state index in [0.717, 1.165) is 25.0 Å². The highest BCUT2D eigenvalue weighted by molar-refractivity contribution is 5.74. The van der Waals surface area contributed by atoms with Gasteiger partial charge < -0.3 is 15.4 Å². The molecule has 1 fully saturated rings. The number of carbonyl (C=O) groups is 1. The number of halogens is 1. The molecule has 19 heavy (non-hydrogen) atoms. The van der Waals surface area contributed by atoms with Crippen molar-refractivity contribution >= 4 is 6.03 Å². The lowest BCUT2D eigenvalue weighted by molar-refractivity contribution is 0.0860. The van der Waals surface area contributed by atoms with Gasteiger partial charge in [0.2, 0.25) is 0 Å². The van der Waals surface area contributed by atoms with Crippen molar-refractivity contribution < 1.29 is 13.9 Å². The van der Waals surface area contributed by atoms with Crippen molar-refractivity contribution in [1.29, 1.82) is 0 Å². The molecule has 0 saturated carbocycles. The minimum absolute atomic E-state index is 0.00396. The van der Waals surface area contributed by atoms with Crippen LogP contribution in [0.25, 0.3) is 0 Å².